The molecule has 0 aliphatic carbocycles. The lowest BCUT2D eigenvalue weighted by atomic mass is 10.1. The highest BCUT2D eigenvalue weighted by molar-refractivity contribution is 5.94. The highest BCUT2D eigenvalue weighted by Gasteiger charge is 2.13. The number of hydrogen-bond donors (Lipinski definition) is 3. The Hall–Kier alpha value is -3.58. The number of piperidine rings is 1. The zero-order chi connectivity index (χ0) is 26.7. The Kier molecular flexibility index (Phi) is 9.98. The van der Waals surface area contributed by atoms with Gasteiger partial charge in [0.1, 0.15) is 11.6 Å². The Labute approximate surface area is 226 Å². The number of phenolic OH excluding ortho intramolecular Hbond substituents is 1. The lowest BCUT2D eigenvalue weighted by Crippen LogP contribution is -2.30. The van der Waals surface area contributed by atoms with E-state index in [0.717, 1.165) is 67.3 Å². The van der Waals surface area contributed by atoms with Crippen LogP contribution in [0.1, 0.15) is 67.4 Å². The number of nitrogens with zero attached hydrogens (tertiary/aromatic N) is 3. The number of aromatic hydroxyl groups is 1. The number of hydrogen-bond acceptors (Lipinski definition) is 6. The number of phenols is 1. The van der Waals surface area contributed by atoms with Gasteiger partial charge in [-0.2, -0.15) is 0 Å². The summed E-state index contributed by atoms with van der Waals surface area (Å²) in [4.78, 5) is 22.0. The maximum atomic E-state index is 12.8. The molecule has 0 radical (unpaired) electrons. The number of pyridine rings is 1. The van der Waals surface area contributed by atoms with E-state index in [1.807, 2.05) is 48.7 Å². The van der Waals surface area contributed by atoms with Gasteiger partial charge in [-0.3, -0.25) is 9.69 Å². The van der Waals surface area contributed by atoms with E-state index in [0.29, 0.717) is 24.4 Å². The molecule has 1 fully saturated rings. The van der Waals surface area contributed by atoms with Crippen LogP contribution in [0.25, 0.3) is 0 Å². The Morgan fingerprint density at radius 3 is 2.39 bits per heavy atom. The van der Waals surface area contributed by atoms with Gasteiger partial charge in [-0.25, -0.2) is 4.98 Å². The molecule has 3 N–H and O–H groups in total. The van der Waals surface area contributed by atoms with Crippen LogP contribution in [0.2, 0.25) is 0 Å². The predicted molar refractivity (Wildman–Crippen MR) is 155 cm³/mol. The van der Waals surface area contributed by atoms with Crippen molar-refractivity contribution in [1.82, 2.24) is 15.2 Å². The molecule has 0 bridgehead atoms. The summed E-state index contributed by atoms with van der Waals surface area (Å²) in [5.74, 6) is 1.19. The summed E-state index contributed by atoms with van der Waals surface area (Å²) in [6, 6.07) is 17.1. The van der Waals surface area contributed by atoms with Crippen LogP contribution < -0.4 is 15.5 Å². The normalized spacial score (nSPS) is 13.5. The molecule has 0 spiro atoms. The van der Waals surface area contributed by atoms with Gasteiger partial charge >= 0.3 is 0 Å². The molecule has 1 aromatic heterocycles. The minimum atomic E-state index is -0.124. The number of anilines is 3. The maximum Gasteiger partial charge on any atom is 0.251 e. The molecule has 202 valence electrons. The van der Waals surface area contributed by atoms with E-state index >= 15 is 0 Å². The van der Waals surface area contributed by atoms with Gasteiger partial charge in [-0.1, -0.05) is 19.9 Å². The van der Waals surface area contributed by atoms with Crippen LogP contribution in [0.15, 0.2) is 60.8 Å². The highest BCUT2D eigenvalue weighted by atomic mass is 16.3. The molecule has 1 amide bonds. The van der Waals surface area contributed by atoms with Crippen LogP contribution in [-0.2, 0) is 13.1 Å². The van der Waals surface area contributed by atoms with Crippen LogP contribution >= 0.6 is 0 Å². The van der Waals surface area contributed by atoms with Crippen molar-refractivity contribution in [3.8, 4) is 5.75 Å². The van der Waals surface area contributed by atoms with E-state index in [4.69, 9.17) is 0 Å². The molecule has 2 heterocycles. The molecule has 1 aliphatic rings. The smallest absolute Gasteiger partial charge is 0.251 e. The van der Waals surface area contributed by atoms with Crippen LogP contribution in [0, 0.1) is 0 Å². The lowest BCUT2D eigenvalue weighted by molar-refractivity contribution is 0.0951. The Balaban J connectivity index is 1.32. The second kappa shape index (κ2) is 13.8. The highest BCUT2D eigenvalue weighted by Crippen LogP contribution is 2.24. The van der Waals surface area contributed by atoms with Crippen LogP contribution in [0.5, 0.6) is 5.75 Å². The van der Waals surface area contributed by atoms with E-state index in [9.17, 15) is 9.90 Å². The van der Waals surface area contributed by atoms with Crippen molar-refractivity contribution in [3.05, 3.63) is 77.5 Å². The first-order chi connectivity index (χ1) is 18.6. The minimum absolute atomic E-state index is 0.124. The molecular formula is C31H41N5O2. The zero-order valence-electron chi connectivity index (χ0n) is 22.7. The summed E-state index contributed by atoms with van der Waals surface area (Å²) in [6.07, 6.45) is 7.72. The van der Waals surface area contributed by atoms with Gasteiger partial charge in [-0.15, -0.1) is 0 Å². The number of aromatic nitrogens is 1. The van der Waals surface area contributed by atoms with Gasteiger partial charge < -0.3 is 20.6 Å². The molecule has 1 saturated heterocycles. The SMILES string of the molecule is CCCN(CCC)Cc1cc(CNC(=O)c2ccc(Nc3ccnc(N4CCCCC4)c3)cc2)ccc1O. The molecule has 0 saturated carbocycles. The second-order valence-corrected chi connectivity index (χ2v) is 10.1. The molecule has 7 nitrogen and oxygen atoms in total. The van der Waals surface area contributed by atoms with Gasteiger partial charge in [0, 0.05) is 60.9 Å². The monoisotopic (exact) mass is 515 g/mol. The molecular weight excluding hydrogens is 474 g/mol. The van der Waals surface area contributed by atoms with Gasteiger partial charge in [-0.05, 0) is 93.2 Å². The summed E-state index contributed by atoms with van der Waals surface area (Å²) in [6.45, 7) is 9.57. The fourth-order valence-corrected chi connectivity index (χ4v) is 4.97. The molecule has 2 aromatic carbocycles. The minimum Gasteiger partial charge on any atom is -0.508 e. The maximum absolute atomic E-state index is 12.8. The third-order valence-corrected chi connectivity index (χ3v) is 6.93. The Morgan fingerprint density at radius 2 is 1.68 bits per heavy atom. The Bertz CT molecular complexity index is 1170. The Morgan fingerprint density at radius 1 is 0.947 bits per heavy atom. The van der Waals surface area contributed by atoms with E-state index in [2.05, 4.69) is 45.3 Å². The van der Waals surface area contributed by atoms with E-state index in [1.54, 1.807) is 6.07 Å². The molecule has 0 unspecified atom stereocenters. The largest absolute Gasteiger partial charge is 0.508 e. The number of benzene rings is 2. The average molecular weight is 516 g/mol. The topological polar surface area (TPSA) is 80.7 Å². The summed E-state index contributed by atoms with van der Waals surface area (Å²) < 4.78 is 0. The first-order valence-corrected chi connectivity index (χ1v) is 13.9. The first kappa shape index (κ1) is 27.5. The van der Waals surface area contributed by atoms with Gasteiger partial charge in [0.25, 0.3) is 5.91 Å². The fourth-order valence-electron chi connectivity index (χ4n) is 4.97. The second-order valence-electron chi connectivity index (χ2n) is 10.1. The van der Waals surface area contributed by atoms with E-state index in [1.165, 1.54) is 19.3 Å². The van der Waals surface area contributed by atoms with Crippen molar-refractivity contribution < 1.29 is 9.90 Å². The molecule has 38 heavy (non-hydrogen) atoms. The van der Waals surface area contributed by atoms with E-state index in [-0.39, 0.29) is 5.91 Å². The predicted octanol–water partition coefficient (Wildman–Crippen LogP) is 6.07. The van der Waals surface area contributed by atoms with Crippen molar-refractivity contribution in [1.29, 1.82) is 0 Å². The van der Waals surface area contributed by atoms with Crippen LogP contribution in [-0.4, -0.2) is 47.1 Å². The van der Waals surface area contributed by atoms with Crippen molar-refractivity contribution in [2.45, 2.75) is 59.0 Å². The summed E-state index contributed by atoms with van der Waals surface area (Å²) >= 11 is 0. The number of carbonyl (C=O) groups is 1. The molecule has 4 rings (SSSR count). The zero-order valence-corrected chi connectivity index (χ0v) is 22.7. The van der Waals surface area contributed by atoms with Crippen molar-refractivity contribution in [3.63, 3.8) is 0 Å². The first-order valence-electron chi connectivity index (χ1n) is 13.9. The van der Waals surface area contributed by atoms with Gasteiger partial charge in [0.05, 0.1) is 0 Å². The number of carbonyl (C=O) groups excluding carboxylic acids is 1. The third kappa shape index (κ3) is 7.71. The third-order valence-electron chi connectivity index (χ3n) is 6.93. The fraction of sp³-hybridized carbons (Fsp3) is 0.419. The summed E-state index contributed by atoms with van der Waals surface area (Å²) in [5.41, 5.74) is 4.38. The average Bonchev–Trinajstić information content (AvgIpc) is 2.94. The van der Waals surface area contributed by atoms with Crippen molar-refractivity contribution >= 4 is 23.1 Å². The molecule has 0 atom stereocenters. The number of rotatable bonds is 12. The molecule has 3 aromatic rings. The quantitative estimate of drug-likeness (QED) is 0.272. The standard InChI is InChI=1S/C31H41N5O2/c1-3-16-35(17-4-2)23-26-20-24(8-13-29(26)37)22-33-31(38)25-9-11-27(12-10-25)34-28-14-15-32-30(21-28)36-18-6-5-7-19-36/h8-15,20-21,37H,3-7,16-19,22-23H2,1-2H3,(H,32,34)(H,33,38). The van der Waals surface area contributed by atoms with E-state index < -0.39 is 0 Å². The number of nitrogens with one attached hydrogen (secondary N) is 2. The lowest BCUT2D eigenvalue weighted by Gasteiger charge is -2.28. The van der Waals surface area contributed by atoms with Crippen molar-refractivity contribution in [2.75, 3.05) is 36.4 Å². The molecule has 1 aliphatic heterocycles. The van der Waals surface area contributed by atoms with Crippen LogP contribution in [0.3, 0.4) is 0 Å². The molecule has 7 heteroatoms. The summed E-state index contributed by atoms with van der Waals surface area (Å²) in [7, 11) is 0. The van der Waals surface area contributed by atoms with Gasteiger partial charge in [0.15, 0.2) is 0 Å². The van der Waals surface area contributed by atoms with Crippen molar-refractivity contribution in [2.24, 2.45) is 0 Å². The summed E-state index contributed by atoms with van der Waals surface area (Å²) in [5, 5.41) is 16.8. The number of amides is 1. The van der Waals surface area contributed by atoms with Crippen LogP contribution in [0.4, 0.5) is 17.2 Å². The van der Waals surface area contributed by atoms with Gasteiger partial charge in [0.2, 0.25) is 0 Å².